The SMILES string of the molecule is Cc1cc(Br)c(NC(=O)/C(C#N)=C/c2cc(Br)ccc2OCc2cccc3ccccc23)c(Br)c1. The molecule has 0 saturated heterocycles. The number of hydrogen-bond acceptors (Lipinski definition) is 3. The quantitative estimate of drug-likeness (QED) is 0.167. The van der Waals surface area contributed by atoms with Crippen LogP contribution in [0, 0.1) is 18.3 Å². The second-order valence-corrected chi connectivity index (χ2v) is 10.5. The van der Waals surface area contributed by atoms with Crippen molar-refractivity contribution in [3.05, 3.63) is 108 Å². The standard InChI is InChI=1S/C28H19Br3N2O2/c1-17-11-24(30)27(25(31)12-17)33-28(34)21(15-32)13-20-14-22(29)9-10-26(20)35-16-19-7-4-6-18-5-2-3-8-23(18)19/h2-14H,16H2,1H3,(H,33,34)/b21-13+. The third kappa shape index (κ3) is 6.02. The Morgan fingerprint density at radius 3 is 2.46 bits per heavy atom. The molecule has 0 spiro atoms. The predicted octanol–water partition coefficient (Wildman–Crippen LogP) is 8.56. The number of halogens is 3. The van der Waals surface area contributed by atoms with Gasteiger partial charge in [0.15, 0.2) is 0 Å². The molecule has 35 heavy (non-hydrogen) atoms. The van der Waals surface area contributed by atoms with Crippen LogP contribution in [0.25, 0.3) is 16.8 Å². The lowest BCUT2D eigenvalue weighted by Gasteiger charge is -2.13. The number of aryl methyl sites for hydroxylation is 1. The van der Waals surface area contributed by atoms with E-state index in [2.05, 4.69) is 71.3 Å². The highest BCUT2D eigenvalue weighted by Gasteiger charge is 2.16. The Morgan fingerprint density at radius 1 is 1.00 bits per heavy atom. The van der Waals surface area contributed by atoms with Gasteiger partial charge in [0, 0.05) is 19.0 Å². The van der Waals surface area contributed by atoms with E-state index >= 15 is 0 Å². The van der Waals surface area contributed by atoms with Gasteiger partial charge in [-0.3, -0.25) is 4.79 Å². The number of amides is 1. The normalized spacial score (nSPS) is 11.2. The van der Waals surface area contributed by atoms with E-state index in [9.17, 15) is 10.1 Å². The number of nitrogens with one attached hydrogen (secondary N) is 1. The fourth-order valence-electron chi connectivity index (χ4n) is 3.64. The van der Waals surface area contributed by atoms with Gasteiger partial charge < -0.3 is 10.1 Å². The van der Waals surface area contributed by atoms with Crippen LogP contribution in [0.5, 0.6) is 5.75 Å². The molecular weight excluding hydrogens is 636 g/mol. The van der Waals surface area contributed by atoms with Gasteiger partial charge >= 0.3 is 0 Å². The molecule has 0 aliphatic heterocycles. The van der Waals surface area contributed by atoms with Crippen molar-refractivity contribution in [1.82, 2.24) is 0 Å². The summed E-state index contributed by atoms with van der Waals surface area (Å²) in [7, 11) is 0. The average molecular weight is 655 g/mol. The van der Waals surface area contributed by atoms with Crippen LogP contribution in [-0.2, 0) is 11.4 Å². The molecule has 0 bridgehead atoms. The second kappa shape index (κ2) is 11.2. The second-order valence-electron chi connectivity index (χ2n) is 7.84. The number of nitriles is 1. The average Bonchev–Trinajstić information content (AvgIpc) is 2.84. The number of carbonyl (C=O) groups is 1. The van der Waals surface area contributed by atoms with Crippen molar-refractivity contribution in [2.75, 3.05) is 5.32 Å². The number of benzene rings is 4. The maximum atomic E-state index is 13.0. The van der Waals surface area contributed by atoms with E-state index in [4.69, 9.17) is 4.74 Å². The Morgan fingerprint density at radius 2 is 1.71 bits per heavy atom. The third-order valence-electron chi connectivity index (χ3n) is 5.32. The Kier molecular flexibility index (Phi) is 8.07. The summed E-state index contributed by atoms with van der Waals surface area (Å²) >= 11 is 10.4. The maximum Gasteiger partial charge on any atom is 0.266 e. The summed E-state index contributed by atoms with van der Waals surface area (Å²) in [5.74, 6) is 0.0529. The van der Waals surface area contributed by atoms with E-state index in [0.29, 0.717) is 23.6 Å². The van der Waals surface area contributed by atoms with E-state index in [-0.39, 0.29) is 5.57 Å². The lowest BCUT2D eigenvalue weighted by Crippen LogP contribution is -2.14. The van der Waals surface area contributed by atoms with E-state index < -0.39 is 5.91 Å². The van der Waals surface area contributed by atoms with Gasteiger partial charge in [0.25, 0.3) is 5.91 Å². The van der Waals surface area contributed by atoms with Crippen LogP contribution in [0.4, 0.5) is 5.69 Å². The summed E-state index contributed by atoms with van der Waals surface area (Å²) < 4.78 is 8.41. The first-order chi connectivity index (χ1) is 16.9. The molecule has 0 aliphatic carbocycles. The smallest absolute Gasteiger partial charge is 0.266 e. The first-order valence-electron chi connectivity index (χ1n) is 10.6. The van der Waals surface area contributed by atoms with Gasteiger partial charge in [0.2, 0.25) is 0 Å². The molecule has 7 heteroatoms. The zero-order valence-electron chi connectivity index (χ0n) is 18.6. The molecule has 0 heterocycles. The van der Waals surface area contributed by atoms with Gasteiger partial charge in [0.1, 0.15) is 24.0 Å². The van der Waals surface area contributed by atoms with E-state index in [1.165, 1.54) is 6.08 Å². The van der Waals surface area contributed by atoms with Gasteiger partial charge in [-0.25, -0.2) is 0 Å². The highest BCUT2D eigenvalue weighted by Crippen LogP contribution is 2.33. The molecule has 0 unspecified atom stereocenters. The van der Waals surface area contributed by atoms with Crippen LogP contribution in [0.2, 0.25) is 0 Å². The summed E-state index contributed by atoms with van der Waals surface area (Å²) in [6.07, 6.45) is 1.54. The zero-order chi connectivity index (χ0) is 24.9. The Balaban J connectivity index is 1.61. The Labute approximate surface area is 229 Å². The molecule has 0 atom stereocenters. The minimum absolute atomic E-state index is 0.0440. The molecule has 0 radical (unpaired) electrons. The van der Waals surface area contributed by atoms with Gasteiger partial charge in [-0.05, 0) is 97.1 Å². The molecule has 4 aromatic carbocycles. The Hall–Kier alpha value is -2.92. The Bertz CT molecular complexity index is 1480. The molecule has 4 aromatic rings. The number of nitrogens with zero attached hydrogens (tertiary/aromatic N) is 1. The summed E-state index contributed by atoms with van der Waals surface area (Å²) in [5, 5.41) is 14.8. The molecule has 0 aliphatic rings. The summed E-state index contributed by atoms with van der Waals surface area (Å²) in [5.41, 5.74) is 3.21. The first-order valence-corrected chi connectivity index (χ1v) is 13.0. The van der Waals surface area contributed by atoms with Crippen molar-refractivity contribution in [2.24, 2.45) is 0 Å². The number of carbonyl (C=O) groups excluding carboxylic acids is 1. The van der Waals surface area contributed by atoms with Gasteiger partial charge in [-0.1, -0.05) is 58.4 Å². The van der Waals surface area contributed by atoms with Crippen molar-refractivity contribution in [1.29, 1.82) is 5.26 Å². The highest BCUT2D eigenvalue weighted by molar-refractivity contribution is 9.11. The summed E-state index contributed by atoms with van der Waals surface area (Å²) in [6.45, 7) is 2.30. The number of hydrogen-bond donors (Lipinski definition) is 1. The van der Waals surface area contributed by atoms with Crippen LogP contribution in [0.15, 0.2) is 91.8 Å². The van der Waals surface area contributed by atoms with Crippen LogP contribution in [0.3, 0.4) is 0 Å². The molecule has 4 nitrogen and oxygen atoms in total. The van der Waals surface area contributed by atoms with Crippen molar-refractivity contribution >= 4 is 76.2 Å². The fraction of sp³-hybridized carbons (Fsp3) is 0.0714. The first kappa shape index (κ1) is 25.2. The van der Waals surface area contributed by atoms with Crippen molar-refractivity contribution in [3.8, 4) is 11.8 Å². The molecule has 1 N–H and O–H groups in total. The molecule has 0 saturated carbocycles. The van der Waals surface area contributed by atoms with E-state index in [1.54, 1.807) is 0 Å². The van der Waals surface area contributed by atoms with Crippen LogP contribution in [-0.4, -0.2) is 5.91 Å². The van der Waals surface area contributed by atoms with Crippen LogP contribution < -0.4 is 10.1 Å². The van der Waals surface area contributed by atoms with Crippen molar-refractivity contribution in [2.45, 2.75) is 13.5 Å². The molecule has 0 aromatic heterocycles. The lowest BCUT2D eigenvalue weighted by atomic mass is 10.1. The van der Waals surface area contributed by atoms with Gasteiger partial charge in [-0.2, -0.15) is 5.26 Å². The predicted molar refractivity (Wildman–Crippen MR) is 151 cm³/mol. The summed E-state index contributed by atoms with van der Waals surface area (Å²) in [4.78, 5) is 13.0. The molecule has 174 valence electrons. The molecule has 0 fully saturated rings. The minimum atomic E-state index is -0.516. The van der Waals surface area contributed by atoms with Gasteiger partial charge in [0.05, 0.1) is 5.69 Å². The maximum absolute atomic E-state index is 13.0. The van der Waals surface area contributed by atoms with Crippen LogP contribution in [0.1, 0.15) is 16.7 Å². The number of ether oxygens (including phenoxy) is 1. The molecule has 1 amide bonds. The number of anilines is 1. The van der Waals surface area contributed by atoms with E-state index in [1.807, 2.05) is 67.6 Å². The number of rotatable bonds is 6. The topological polar surface area (TPSA) is 62.1 Å². The fourth-order valence-corrected chi connectivity index (χ4v) is 5.63. The number of fused-ring (bicyclic) bond motifs is 1. The largest absolute Gasteiger partial charge is 0.488 e. The molecule has 4 rings (SSSR count). The minimum Gasteiger partial charge on any atom is -0.488 e. The zero-order valence-corrected chi connectivity index (χ0v) is 23.4. The van der Waals surface area contributed by atoms with E-state index in [0.717, 1.165) is 35.3 Å². The summed E-state index contributed by atoms with van der Waals surface area (Å²) in [6, 6.07) is 25.5. The van der Waals surface area contributed by atoms with Gasteiger partial charge in [-0.15, -0.1) is 0 Å². The monoisotopic (exact) mass is 652 g/mol. The lowest BCUT2D eigenvalue weighted by molar-refractivity contribution is -0.112. The molecular formula is C28H19Br3N2O2. The van der Waals surface area contributed by atoms with Crippen molar-refractivity contribution in [3.63, 3.8) is 0 Å². The third-order valence-corrected chi connectivity index (χ3v) is 7.07. The highest BCUT2D eigenvalue weighted by atomic mass is 79.9. The van der Waals surface area contributed by atoms with Crippen molar-refractivity contribution < 1.29 is 9.53 Å². The van der Waals surface area contributed by atoms with Crippen LogP contribution >= 0.6 is 47.8 Å².